The van der Waals surface area contributed by atoms with Crippen LogP contribution in [0.3, 0.4) is 0 Å². The van der Waals surface area contributed by atoms with Crippen LogP contribution in [0.15, 0.2) is 36.4 Å². The van der Waals surface area contributed by atoms with Gasteiger partial charge in [0.2, 0.25) is 0 Å². The van der Waals surface area contributed by atoms with Crippen molar-refractivity contribution in [1.82, 2.24) is 0 Å². The van der Waals surface area contributed by atoms with Crippen LogP contribution in [-0.2, 0) is 6.42 Å². The van der Waals surface area contributed by atoms with Crippen molar-refractivity contribution < 1.29 is 4.74 Å². The first-order chi connectivity index (χ1) is 9.61. The predicted octanol–water partition coefficient (Wildman–Crippen LogP) is 4.72. The van der Waals surface area contributed by atoms with Gasteiger partial charge < -0.3 is 10.1 Å². The van der Waals surface area contributed by atoms with Crippen molar-refractivity contribution in [3.63, 3.8) is 0 Å². The second-order valence-corrected chi connectivity index (χ2v) is 5.90. The zero-order chi connectivity index (χ0) is 14.1. The molecule has 20 heavy (non-hydrogen) atoms. The Morgan fingerprint density at radius 1 is 1.20 bits per heavy atom. The molecule has 3 rings (SSSR count). The average molecular weight is 308 g/mol. The molecule has 0 aromatic heterocycles. The molecule has 0 bridgehead atoms. The van der Waals surface area contributed by atoms with E-state index in [1.54, 1.807) is 6.07 Å². The number of benzene rings is 2. The number of rotatable bonds is 3. The molecule has 1 heterocycles. The van der Waals surface area contributed by atoms with Gasteiger partial charge in [0.25, 0.3) is 0 Å². The molecule has 1 unspecified atom stereocenters. The molecule has 4 heteroatoms. The van der Waals surface area contributed by atoms with Crippen LogP contribution in [-0.4, -0.2) is 12.6 Å². The summed E-state index contributed by atoms with van der Waals surface area (Å²) in [5.41, 5.74) is 3.42. The van der Waals surface area contributed by atoms with Gasteiger partial charge in [-0.3, -0.25) is 0 Å². The van der Waals surface area contributed by atoms with E-state index in [2.05, 4.69) is 24.4 Å². The van der Waals surface area contributed by atoms with Gasteiger partial charge in [-0.05, 0) is 36.8 Å². The highest BCUT2D eigenvalue weighted by atomic mass is 35.5. The number of hydrogen-bond donors (Lipinski definition) is 1. The fraction of sp³-hybridized carbons (Fsp3) is 0.250. The van der Waals surface area contributed by atoms with Crippen molar-refractivity contribution in [3.05, 3.63) is 57.6 Å². The molecule has 0 saturated carbocycles. The fourth-order valence-corrected chi connectivity index (χ4v) is 2.90. The minimum absolute atomic E-state index is 0.138. The summed E-state index contributed by atoms with van der Waals surface area (Å²) in [5, 5.41) is 4.58. The summed E-state index contributed by atoms with van der Waals surface area (Å²) >= 11 is 12.0. The molecule has 0 amide bonds. The fourth-order valence-electron chi connectivity index (χ4n) is 2.42. The van der Waals surface area contributed by atoms with Gasteiger partial charge in [0.15, 0.2) is 0 Å². The summed E-state index contributed by atoms with van der Waals surface area (Å²) in [6.45, 7) is 2.81. The molecule has 0 fully saturated rings. The molecule has 0 spiro atoms. The van der Waals surface area contributed by atoms with Gasteiger partial charge in [-0.25, -0.2) is 0 Å². The summed E-state index contributed by atoms with van der Waals surface area (Å²) in [6.07, 6.45) is 1.06. The van der Waals surface area contributed by atoms with Gasteiger partial charge in [0.05, 0.1) is 17.3 Å². The third-order valence-electron chi connectivity index (χ3n) is 3.41. The molecule has 1 aliphatic rings. The molecule has 1 aliphatic heterocycles. The number of aryl methyl sites for hydroxylation is 1. The van der Waals surface area contributed by atoms with Gasteiger partial charge in [-0.2, -0.15) is 0 Å². The molecule has 104 valence electrons. The minimum atomic E-state index is 0.138. The van der Waals surface area contributed by atoms with Crippen molar-refractivity contribution in [2.45, 2.75) is 19.4 Å². The topological polar surface area (TPSA) is 21.3 Å². The first-order valence-electron chi connectivity index (χ1n) is 6.57. The Balaban J connectivity index is 1.63. The first-order valence-corrected chi connectivity index (χ1v) is 7.32. The molecule has 1 N–H and O–H groups in total. The lowest BCUT2D eigenvalue weighted by molar-refractivity contribution is 0.246. The van der Waals surface area contributed by atoms with Gasteiger partial charge in [-0.1, -0.05) is 40.9 Å². The predicted molar refractivity (Wildman–Crippen MR) is 84.3 cm³/mol. The Bertz CT molecular complexity index is 642. The van der Waals surface area contributed by atoms with E-state index in [0.29, 0.717) is 10.0 Å². The van der Waals surface area contributed by atoms with Crippen LogP contribution >= 0.6 is 23.2 Å². The van der Waals surface area contributed by atoms with Gasteiger partial charge in [-0.15, -0.1) is 0 Å². The number of ether oxygens (including phenoxy) is 1. The second-order valence-electron chi connectivity index (χ2n) is 5.06. The van der Waals surface area contributed by atoms with Crippen LogP contribution in [0.2, 0.25) is 10.0 Å². The smallest absolute Gasteiger partial charge is 0.123 e. The summed E-state index contributed by atoms with van der Waals surface area (Å²) in [6, 6.07) is 11.7. The van der Waals surface area contributed by atoms with Gasteiger partial charge in [0, 0.05) is 11.4 Å². The van der Waals surface area contributed by atoms with E-state index < -0.39 is 0 Å². The van der Waals surface area contributed by atoms with Gasteiger partial charge in [0.1, 0.15) is 11.9 Å². The maximum atomic E-state index is 6.14. The van der Waals surface area contributed by atoms with E-state index in [4.69, 9.17) is 27.9 Å². The highest BCUT2D eigenvalue weighted by Crippen LogP contribution is 2.30. The molecule has 1 atom stereocenters. The van der Waals surface area contributed by atoms with Crippen LogP contribution in [0, 0.1) is 6.92 Å². The average Bonchev–Trinajstić information content (AvgIpc) is 2.79. The summed E-state index contributed by atoms with van der Waals surface area (Å²) in [7, 11) is 0. The summed E-state index contributed by atoms with van der Waals surface area (Å²) in [5.74, 6) is 0.990. The minimum Gasteiger partial charge on any atom is -0.488 e. The highest BCUT2D eigenvalue weighted by Gasteiger charge is 2.22. The Morgan fingerprint density at radius 2 is 2.05 bits per heavy atom. The largest absolute Gasteiger partial charge is 0.488 e. The summed E-state index contributed by atoms with van der Waals surface area (Å²) in [4.78, 5) is 0. The van der Waals surface area contributed by atoms with Crippen molar-refractivity contribution >= 4 is 28.9 Å². The van der Waals surface area contributed by atoms with E-state index in [1.807, 2.05) is 18.2 Å². The van der Waals surface area contributed by atoms with E-state index in [1.165, 1.54) is 11.1 Å². The molecule has 2 aromatic rings. The lowest BCUT2D eigenvalue weighted by atomic mass is 10.1. The van der Waals surface area contributed by atoms with E-state index in [-0.39, 0.29) is 6.10 Å². The maximum Gasteiger partial charge on any atom is 0.123 e. The molecular weight excluding hydrogens is 293 g/mol. The molecule has 0 saturated heterocycles. The van der Waals surface area contributed by atoms with Gasteiger partial charge >= 0.3 is 0 Å². The third-order valence-corrected chi connectivity index (χ3v) is 3.96. The number of nitrogens with one attached hydrogen (secondary N) is 1. The Morgan fingerprint density at radius 3 is 2.85 bits per heavy atom. The lowest BCUT2D eigenvalue weighted by Gasteiger charge is -2.14. The van der Waals surface area contributed by atoms with Crippen LogP contribution in [0.5, 0.6) is 5.75 Å². The van der Waals surface area contributed by atoms with E-state index in [9.17, 15) is 0 Å². The van der Waals surface area contributed by atoms with Crippen LogP contribution in [0.4, 0.5) is 5.69 Å². The van der Waals surface area contributed by atoms with Crippen molar-refractivity contribution in [2.75, 3.05) is 11.9 Å². The van der Waals surface area contributed by atoms with Crippen LogP contribution in [0.25, 0.3) is 0 Å². The van der Waals surface area contributed by atoms with E-state index >= 15 is 0 Å². The molecule has 0 radical (unpaired) electrons. The first kappa shape index (κ1) is 13.6. The third kappa shape index (κ3) is 2.87. The molecule has 2 nitrogen and oxygen atoms in total. The number of fused-ring (bicyclic) bond motifs is 1. The standard InChI is InChI=1S/C16H15Cl2NO/c1-10-2-5-16-11(6-10)7-13(20-16)9-19-15-4-3-12(17)8-14(15)18/h2-6,8,13,19H,7,9H2,1H3. The number of hydrogen-bond acceptors (Lipinski definition) is 2. The Labute approximate surface area is 128 Å². The maximum absolute atomic E-state index is 6.14. The number of halogens is 2. The quantitative estimate of drug-likeness (QED) is 0.886. The lowest BCUT2D eigenvalue weighted by Crippen LogP contribution is -2.24. The highest BCUT2D eigenvalue weighted by molar-refractivity contribution is 6.36. The molecule has 0 aliphatic carbocycles. The SMILES string of the molecule is Cc1ccc2c(c1)CC(CNc1ccc(Cl)cc1Cl)O2. The summed E-state index contributed by atoms with van der Waals surface area (Å²) < 4.78 is 5.92. The van der Waals surface area contributed by atoms with Crippen molar-refractivity contribution in [2.24, 2.45) is 0 Å². The van der Waals surface area contributed by atoms with Crippen LogP contribution in [0.1, 0.15) is 11.1 Å². The van der Waals surface area contributed by atoms with Crippen molar-refractivity contribution in [3.8, 4) is 5.75 Å². The molecule has 2 aromatic carbocycles. The number of anilines is 1. The van der Waals surface area contributed by atoms with Crippen molar-refractivity contribution in [1.29, 1.82) is 0 Å². The van der Waals surface area contributed by atoms with Crippen LogP contribution < -0.4 is 10.1 Å². The molecular formula is C16H15Cl2NO. The Kier molecular flexibility index (Phi) is 3.77. The zero-order valence-corrected chi connectivity index (χ0v) is 12.6. The second kappa shape index (κ2) is 5.55. The monoisotopic (exact) mass is 307 g/mol. The normalized spacial score (nSPS) is 16.6. The zero-order valence-electron chi connectivity index (χ0n) is 11.1. The Hall–Kier alpha value is -1.38. The van der Waals surface area contributed by atoms with E-state index in [0.717, 1.165) is 24.4 Å².